The molecular weight excluding hydrogens is 404 g/mol. The number of likely N-dealkylation sites (tertiary alicyclic amines) is 1. The Kier molecular flexibility index (Phi) is 7.07. The topological polar surface area (TPSA) is 122 Å². The van der Waals surface area contributed by atoms with Crippen LogP contribution in [-0.4, -0.2) is 44.4 Å². The fourth-order valence-corrected chi connectivity index (χ4v) is 3.87. The SMILES string of the molecule is NS(=O)(=O)c1ccc(CCC(=O)NC2CCN(C(=O)Nc3ccccc3)CC2)cc1. The lowest BCUT2D eigenvalue weighted by atomic mass is 10.0. The van der Waals surface area contributed by atoms with Crippen LogP contribution >= 0.6 is 0 Å². The number of benzene rings is 2. The number of hydrogen-bond donors (Lipinski definition) is 3. The van der Waals surface area contributed by atoms with Crippen molar-refractivity contribution in [3.63, 3.8) is 0 Å². The second-order valence-corrected chi connectivity index (χ2v) is 8.88. The number of urea groups is 1. The minimum Gasteiger partial charge on any atom is -0.353 e. The molecule has 8 nitrogen and oxygen atoms in total. The quantitative estimate of drug-likeness (QED) is 0.649. The molecule has 1 aliphatic heterocycles. The van der Waals surface area contributed by atoms with E-state index in [4.69, 9.17) is 5.14 Å². The number of nitrogens with two attached hydrogens (primary N) is 1. The molecule has 160 valence electrons. The number of amides is 3. The number of nitrogens with zero attached hydrogens (tertiary/aromatic N) is 1. The molecule has 0 unspecified atom stereocenters. The van der Waals surface area contributed by atoms with Crippen LogP contribution in [0.3, 0.4) is 0 Å². The summed E-state index contributed by atoms with van der Waals surface area (Å²) in [4.78, 5) is 26.4. The standard InChI is InChI=1S/C21H26N4O4S/c22-30(28,29)19-9-6-16(7-10-19)8-11-20(26)23-18-12-14-25(15-13-18)21(27)24-17-4-2-1-3-5-17/h1-7,9-10,18H,8,11-15H2,(H,23,26)(H,24,27)(H2,22,28,29). The summed E-state index contributed by atoms with van der Waals surface area (Å²) >= 11 is 0. The van der Waals surface area contributed by atoms with Crippen LogP contribution in [0, 0.1) is 0 Å². The van der Waals surface area contributed by atoms with E-state index >= 15 is 0 Å². The third-order valence-corrected chi connectivity index (χ3v) is 5.99. The molecule has 30 heavy (non-hydrogen) atoms. The van der Waals surface area contributed by atoms with Gasteiger partial charge in [0.25, 0.3) is 0 Å². The second kappa shape index (κ2) is 9.73. The van der Waals surface area contributed by atoms with E-state index in [1.54, 1.807) is 17.0 Å². The fourth-order valence-electron chi connectivity index (χ4n) is 3.35. The van der Waals surface area contributed by atoms with Crippen LogP contribution in [0.4, 0.5) is 10.5 Å². The number of hydrogen-bond acceptors (Lipinski definition) is 4. The second-order valence-electron chi connectivity index (χ2n) is 7.31. The maximum Gasteiger partial charge on any atom is 0.321 e. The number of para-hydroxylation sites is 1. The van der Waals surface area contributed by atoms with Gasteiger partial charge in [-0.2, -0.15) is 0 Å². The molecule has 0 bridgehead atoms. The molecule has 2 aromatic rings. The summed E-state index contributed by atoms with van der Waals surface area (Å²) in [5.74, 6) is -0.0577. The Labute approximate surface area is 176 Å². The molecule has 0 spiro atoms. The molecule has 0 radical (unpaired) electrons. The van der Waals surface area contributed by atoms with Gasteiger partial charge in [0.2, 0.25) is 15.9 Å². The van der Waals surface area contributed by atoms with Gasteiger partial charge in [-0.15, -0.1) is 0 Å². The number of carbonyl (C=O) groups is 2. The highest BCUT2D eigenvalue weighted by Crippen LogP contribution is 2.14. The lowest BCUT2D eigenvalue weighted by Gasteiger charge is -2.32. The van der Waals surface area contributed by atoms with Gasteiger partial charge in [0.15, 0.2) is 0 Å². The van der Waals surface area contributed by atoms with Gasteiger partial charge in [-0.25, -0.2) is 18.4 Å². The van der Waals surface area contributed by atoms with Crippen LogP contribution in [-0.2, 0) is 21.2 Å². The number of nitrogens with one attached hydrogen (secondary N) is 2. The molecular formula is C21H26N4O4S. The van der Waals surface area contributed by atoms with E-state index in [-0.39, 0.29) is 22.9 Å². The molecule has 0 saturated carbocycles. The number of piperidine rings is 1. The van der Waals surface area contributed by atoms with E-state index in [1.807, 2.05) is 30.3 Å². The Morgan fingerprint density at radius 1 is 1.00 bits per heavy atom. The van der Waals surface area contributed by atoms with Gasteiger partial charge >= 0.3 is 6.03 Å². The summed E-state index contributed by atoms with van der Waals surface area (Å²) in [5, 5.41) is 11.0. The lowest BCUT2D eigenvalue weighted by molar-refractivity contribution is -0.122. The zero-order chi connectivity index (χ0) is 21.6. The van der Waals surface area contributed by atoms with Gasteiger partial charge in [-0.1, -0.05) is 30.3 Å². The summed E-state index contributed by atoms with van der Waals surface area (Å²) in [6.07, 6.45) is 2.23. The van der Waals surface area contributed by atoms with Gasteiger partial charge in [0, 0.05) is 31.2 Å². The van der Waals surface area contributed by atoms with Crippen molar-refractivity contribution in [2.24, 2.45) is 5.14 Å². The van der Waals surface area contributed by atoms with Gasteiger partial charge in [0.1, 0.15) is 0 Å². The summed E-state index contributed by atoms with van der Waals surface area (Å²) in [5.41, 5.74) is 1.62. The number of primary sulfonamides is 1. The fraction of sp³-hybridized carbons (Fsp3) is 0.333. The first-order valence-electron chi connectivity index (χ1n) is 9.83. The van der Waals surface area contributed by atoms with Crippen molar-refractivity contribution >= 4 is 27.6 Å². The van der Waals surface area contributed by atoms with Crippen LogP contribution < -0.4 is 15.8 Å². The van der Waals surface area contributed by atoms with E-state index in [9.17, 15) is 18.0 Å². The number of carbonyl (C=O) groups excluding carboxylic acids is 2. The van der Waals surface area contributed by atoms with Crippen LogP contribution in [0.15, 0.2) is 59.5 Å². The van der Waals surface area contributed by atoms with E-state index < -0.39 is 10.0 Å². The Bertz CT molecular complexity index is 970. The first kappa shape index (κ1) is 21.8. The van der Waals surface area contributed by atoms with E-state index in [2.05, 4.69) is 10.6 Å². The van der Waals surface area contributed by atoms with E-state index in [1.165, 1.54) is 12.1 Å². The predicted octanol–water partition coefficient (Wildman–Crippen LogP) is 2.08. The lowest BCUT2D eigenvalue weighted by Crippen LogP contribution is -2.47. The van der Waals surface area contributed by atoms with Crippen molar-refractivity contribution in [1.29, 1.82) is 0 Å². The minimum absolute atomic E-state index is 0.0445. The largest absolute Gasteiger partial charge is 0.353 e. The number of rotatable bonds is 6. The Hall–Kier alpha value is -2.91. The highest BCUT2D eigenvalue weighted by molar-refractivity contribution is 7.89. The highest BCUT2D eigenvalue weighted by atomic mass is 32.2. The average molecular weight is 431 g/mol. The third kappa shape index (κ3) is 6.30. The smallest absolute Gasteiger partial charge is 0.321 e. The van der Waals surface area contributed by atoms with Crippen LogP contribution in [0.1, 0.15) is 24.8 Å². The Balaban J connectivity index is 1.39. The molecule has 1 saturated heterocycles. The van der Waals surface area contributed by atoms with Crippen LogP contribution in [0.5, 0.6) is 0 Å². The molecule has 1 fully saturated rings. The molecule has 0 aliphatic carbocycles. The van der Waals surface area contributed by atoms with Crippen LogP contribution in [0.25, 0.3) is 0 Å². The summed E-state index contributed by atoms with van der Waals surface area (Å²) in [6, 6.07) is 15.4. The summed E-state index contributed by atoms with van der Waals surface area (Å²) in [7, 11) is -3.71. The van der Waals surface area contributed by atoms with Crippen molar-refractivity contribution in [3.05, 3.63) is 60.2 Å². The molecule has 1 aliphatic rings. The third-order valence-electron chi connectivity index (χ3n) is 5.06. The van der Waals surface area contributed by atoms with E-state index in [0.29, 0.717) is 38.8 Å². The monoisotopic (exact) mass is 430 g/mol. The predicted molar refractivity (Wildman–Crippen MR) is 114 cm³/mol. The summed E-state index contributed by atoms with van der Waals surface area (Å²) in [6.45, 7) is 1.16. The molecule has 4 N–H and O–H groups in total. The van der Waals surface area contributed by atoms with Gasteiger partial charge in [-0.05, 0) is 49.1 Å². The average Bonchev–Trinajstić information content (AvgIpc) is 2.73. The number of aryl methyl sites for hydroxylation is 1. The molecule has 3 amide bonds. The first-order valence-corrected chi connectivity index (χ1v) is 11.4. The zero-order valence-electron chi connectivity index (χ0n) is 16.6. The van der Waals surface area contributed by atoms with Crippen molar-refractivity contribution in [2.75, 3.05) is 18.4 Å². The molecule has 1 heterocycles. The van der Waals surface area contributed by atoms with Crippen molar-refractivity contribution in [1.82, 2.24) is 10.2 Å². The highest BCUT2D eigenvalue weighted by Gasteiger charge is 2.23. The zero-order valence-corrected chi connectivity index (χ0v) is 17.4. The van der Waals surface area contributed by atoms with Gasteiger partial charge in [0.05, 0.1) is 4.90 Å². The van der Waals surface area contributed by atoms with E-state index in [0.717, 1.165) is 11.3 Å². The molecule has 0 aromatic heterocycles. The molecule has 2 aromatic carbocycles. The summed E-state index contributed by atoms with van der Waals surface area (Å²) < 4.78 is 22.5. The normalized spacial score (nSPS) is 14.9. The van der Waals surface area contributed by atoms with Crippen LogP contribution in [0.2, 0.25) is 0 Å². The Morgan fingerprint density at radius 2 is 1.63 bits per heavy atom. The minimum atomic E-state index is -3.71. The maximum atomic E-state index is 12.3. The molecule has 0 atom stereocenters. The van der Waals surface area contributed by atoms with Crippen molar-refractivity contribution in [2.45, 2.75) is 36.6 Å². The number of sulfonamides is 1. The van der Waals surface area contributed by atoms with Crippen molar-refractivity contribution in [3.8, 4) is 0 Å². The van der Waals surface area contributed by atoms with Gasteiger partial charge < -0.3 is 15.5 Å². The first-order chi connectivity index (χ1) is 14.3. The Morgan fingerprint density at radius 3 is 2.23 bits per heavy atom. The van der Waals surface area contributed by atoms with Crippen molar-refractivity contribution < 1.29 is 18.0 Å². The van der Waals surface area contributed by atoms with Gasteiger partial charge in [-0.3, -0.25) is 4.79 Å². The molecule has 9 heteroatoms. The maximum absolute atomic E-state index is 12.3. The molecule has 3 rings (SSSR count). The number of anilines is 1.